The fraction of sp³-hybridized carbons (Fsp3) is 0.619. The first kappa shape index (κ1) is 18.3. The van der Waals surface area contributed by atoms with Crippen molar-refractivity contribution in [3.63, 3.8) is 0 Å². The van der Waals surface area contributed by atoms with Gasteiger partial charge >= 0.3 is 0 Å². The second kappa shape index (κ2) is 7.89. The number of anilines is 1. The number of nitrogens with zero attached hydrogens (tertiary/aromatic N) is 2. The van der Waals surface area contributed by atoms with E-state index in [2.05, 4.69) is 10.2 Å². The van der Waals surface area contributed by atoms with E-state index < -0.39 is 5.92 Å². The number of carbonyl (C=O) groups is 2. The standard InChI is InChI=1S/C21H29N3O3/c1-27-16-6-7-19-17(12-16)18(13-20(25)22-19)21(26)24-10-8-23(9-11-24)14-15-4-2-3-5-15/h6-7,12,15,18H,2-5,8-11,13-14H2,1H3,(H,22,25)/t18-/m1/s1. The van der Waals surface area contributed by atoms with Gasteiger partial charge in [-0.3, -0.25) is 14.5 Å². The summed E-state index contributed by atoms with van der Waals surface area (Å²) in [6.07, 6.45) is 5.66. The van der Waals surface area contributed by atoms with Gasteiger partial charge in [-0.1, -0.05) is 12.8 Å². The molecule has 1 aliphatic carbocycles. The molecular weight excluding hydrogens is 342 g/mol. The summed E-state index contributed by atoms with van der Waals surface area (Å²) >= 11 is 0. The van der Waals surface area contributed by atoms with Gasteiger partial charge in [0.05, 0.1) is 13.0 Å². The lowest BCUT2D eigenvalue weighted by Gasteiger charge is -2.38. The van der Waals surface area contributed by atoms with Crippen molar-refractivity contribution in [3.05, 3.63) is 23.8 Å². The van der Waals surface area contributed by atoms with Crippen molar-refractivity contribution in [2.75, 3.05) is 45.2 Å². The molecule has 2 fully saturated rings. The van der Waals surface area contributed by atoms with Gasteiger partial charge in [0.15, 0.2) is 0 Å². The number of fused-ring (bicyclic) bond motifs is 1. The van der Waals surface area contributed by atoms with Crippen LogP contribution in [0, 0.1) is 5.92 Å². The third-order valence-electron chi connectivity index (χ3n) is 6.27. The van der Waals surface area contributed by atoms with Gasteiger partial charge in [-0.05, 0) is 42.5 Å². The molecule has 0 aromatic heterocycles. The molecule has 146 valence electrons. The SMILES string of the molecule is COc1ccc2c(c1)[C@H](C(=O)N1CCN(CC3CCCC3)CC1)CC(=O)N2. The predicted octanol–water partition coefficient (Wildman–Crippen LogP) is 2.46. The van der Waals surface area contributed by atoms with Gasteiger partial charge < -0.3 is 15.0 Å². The summed E-state index contributed by atoms with van der Waals surface area (Å²) in [5.41, 5.74) is 1.60. The van der Waals surface area contributed by atoms with Crippen LogP contribution in [0.25, 0.3) is 0 Å². The first-order chi connectivity index (χ1) is 13.1. The van der Waals surface area contributed by atoms with Crippen LogP contribution in [0.4, 0.5) is 5.69 Å². The van der Waals surface area contributed by atoms with E-state index >= 15 is 0 Å². The molecule has 0 unspecified atom stereocenters. The highest BCUT2D eigenvalue weighted by molar-refractivity contribution is 6.01. The Labute approximate surface area is 160 Å². The van der Waals surface area contributed by atoms with Gasteiger partial charge in [0.1, 0.15) is 5.75 Å². The van der Waals surface area contributed by atoms with Crippen molar-refractivity contribution in [2.45, 2.75) is 38.0 Å². The number of carbonyl (C=O) groups excluding carboxylic acids is 2. The maximum atomic E-state index is 13.2. The zero-order chi connectivity index (χ0) is 18.8. The number of amides is 2. The summed E-state index contributed by atoms with van der Waals surface area (Å²) < 4.78 is 5.31. The Morgan fingerprint density at radius 3 is 2.63 bits per heavy atom. The molecule has 6 nitrogen and oxygen atoms in total. The molecule has 2 amide bonds. The molecule has 27 heavy (non-hydrogen) atoms. The summed E-state index contributed by atoms with van der Waals surface area (Å²) in [5.74, 6) is 1.12. The summed E-state index contributed by atoms with van der Waals surface area (Å²) in [7, 11) is 1.61. The molecule has 3 aliphatic rings. The number of benzene rings is 1. The molecule has 4 rings (SSSR count). The maximum Gasteiger partial charge on any atom is 0.230 e. The number of piperazine rings is 1. The minimum atomic E-state index is -0.412. The van der Waals surface area contributed by atoms with E-state index in [0.717, 1.165) is 43.3 Å². The minimum Gasteiger partial charge on any atom is -0.497 e. The fourth-order valence-corrected chi connectivity index (χ4v) is 4.72. The Hall–Kier alpha value is -2.08. The molecule has 0 spiro atoms. The summed E-state index contributed by atoms with van der Waals surface area (Å²) in [6.45, 7) is 4.55. The van der Waals surface area contributed by atoms with E-state index in [1.807, 2.05) is 23.1 Å². The third kappa shape index (κ3) is 3.95. The van der Waals surface area contributed by atoms with Gasteiger partial charge in [0.2, 0.25) is 11.8 Å². The zero-order valence-corrected chi connectivity index (χ0v) is 16.1. The number of rotatable bonds is 4. The van der Waals surface area contributed by atoms with E-state index in [1.54, 1.807) is 7.11 Å². The molecule has 1 aromatic rings. The molecule has 6 heteroatoms. The number of hydrogen-bond acceptors (Lipinski definition) is 4. The second-order valence-electron chi connectivity index (χ2n) is 8.03. The molecule has 0 bridgehead atoms. The monoisotopic (exact) mass is 371 g/mol. The van der Waals surface area contributed by atoms with Gasteiger partial charge in [0.25, 0.3) is 0 Å². The molecule has 1 aromatic carbocycles. The van der Waals surface area contributed by atoms with Crippen LogP contribution in [0.15, 0.2) is 18.2 Å². The maximum absolute atomic E-state index is 13.2. The van der Waals surface area contributed by atoms with Crippen LogP contribution in [0.5, 0.6) is 5.75 Å². The quantitative estimate of drug-likeness (QED) is 0.883. The first-order valence-electron chi connectivity index (χ1n) is 10.1. The van der Waals surface area contributed by atoms with Crippen molar-refractivity contribution in [2.24, 2.45) is 5.92 Å². The number of nitrogens with one attached hydrogen (secondary N) is 1. The van der Waals surface area contributed by atoms with E-state index in [1.165, 1.54) is 32.2 Å². The van der Waals surface area contributed by atoms with E-state index in [0.29, 0.717) is 5.75 Å². The highest BCUT2D eigenvalue weighted by Gasteiger charge is 2.35. The molecule has 2 aliphatic heterocycles. The average molecular weight is 371 g/mol. The molecule has 1 N–H and O–H groups in total. The van der Waals surface area contributed by atoms with Crippen LogP contribution in [0.3, 0.4) is 0 Å². The Morgan fingerprint density at radius 2 is 1.93 bits per heavy atom. The van der Waals surface area contributed by atoms with Crippen LogP contribution < -0.4 is 10.1 Å². The van der Waals surface area contributed by atoms with Gasteiger partial charge in [0, 0.05) is 44.8 Å². The summed E-state index contributed by atoms with van der Waals surface area (Å²) in [4.78, 5) is 29.7. The van der Waals surface area contributed by atoms with Gasteiger partial charge in [-0.2, -0.15) is 0 Å². The second-order valence-corrected chi connectivity index (χ2v) is 8.03. The fourth-order valence-electron chi connectivity index (χ4n) is 4.72. The first-order valence-corrected chi connectivity index (χ1v) is 10.1. The van der Waals surface area contributed by atoms with Crippen molar-refractivity contribution >= 4 is 17.5 Å². The van der Waals surface area contributed by atoms with E-state index in [9.17, 15) is 9.59 Å². The van der Waals surface area contributed by atoms with Crippen LogP contribution >= 0.6 is 0 Å². The Balaban J connectivity index is 1.42. The Kier molecular flexibility index (Phi) is 5.34. The van der Waals surface area contributed by atoms with Crippen molar-refractivity contribution in [3.8, 4) is 5.75 Å². The van der Waals surface area contributed by atoms with Crippen molar-refractivity contribution in [1.82, 2.24) is 9.80 Å². The lowest BCUT2D eigenvalue weighted by molar-refractivity contribution is -0.136. The van der Waals surface area contributed by atoms with Crippen LogP contribution in [-0.4, -0.2) is 61.4 Å². The van der Waals surface area contributed by atoms with Crippen LogP contribution in [0.1, 0.15) is 43.6 Å². The molecule has 1 saturated carbocycles. The van der Waals surface area contributed by atoms with Crippen LogP contribution in [0.2, 0.25) is 0 Å². The summed E-state index contributed by atoms with van der Waals surface area (Å²) in [5, 5.41) is 2.87. The number of ether oxygens (including phenoxy) is 1. The van der Waals surface area contributed by atoms with E-state index in [-0.39, 0.29) is 18.2 Å². The largest absolute Gasteiger partial charge is 0.497 e. The third-order valence-corrected chi connectivity index (χ3v) is 6.27. The van der Waals surface area contributed by atoms with Crippen LogP contribution in [-0.2, 0) is 9.59 Å². The smallest absolute Gasteiger partial charge is 0.230 e. The predicted molar refractivity (Wildman–Crippen MR) is 104 cm³/mol. The molecule has 0 radical (unpaired) electrons. The Morgan fingerprint density at radius 1 is 1.19 bits per heavy atom. The Bertz CT molecular complexity index is 707. The van der Waals surface area contributed by atoms with E-state index in [4.69, 9.17) is 4.74 Å². The van der Waals surface area contributed by atoms with Gasteiger partial charge in [-0.25, -0.2) is 0 Å². The van der Waals surface area contributed by atoms with Gasteiger partial charge in [-0.15, -0.1) is 0 Å². The topological polar surface area (TPSA) is 61.9 Å². The number of methoxy groups -OCH3 is 1. The lowest BCUT2D eigenvalue weighted by atomic mass is 9.89. The number of hydrogen-bond donors (Lipinski definition) is 1. The lowest BCUT2D eigenvalue weighted by Crippen LogP contribution is -2.51. The average Bonchev–Trinajstić information content (AvgIpc) is 3.20. The zero-order valence-electron chi connectivity index (χ0n) is 16.1. The van der Waals surface area contributed by atoms with Crippen molar-refractivity contribution in [1.29, 1.82) is 0 Å². The summed E-state index contributed by atoms with van der Waals surface area (Å²) in [6, 6.07) is 5.52. The minimum absolute atomic E-state index is 0.0693. The molecule has 1 saturated heterocycles. The molecule has 1 atom stereocenters. The normalized spacial score (nSPS) is 23.8. The highest BCUT2D eigenvalue weighted by atomic mass is 16.5. The van der Waals surface area contributed by atoms with Crippen molar-refractivity contribution < 1.29 is 14.3 Å². The molecule has 2 heterocycles. The molecular formula is C21H29N3O3. The highest BCUT2D eigenvalue weighted by Crippen LogP contribution is 2.36.